The van der Waals surface area contributed by atoms with Gasteiger partial charge in [-0.3, -0.25) is 4.79 Å². The lowest BCUT2D eigenvalue weighted by Gasteiger charge is -2.12. The first-order chi connectivity index (χ1) is 11.5. The van der Waals surface area contributed by atoms with Crippen LogP contribution in [0.2, 0.25) is 0 Å². The summed E-state index contributed by atoms with van der Waals surface area (Å²) in [6, 6.07) is 6.84. The van der Waals surface area contributed by atoms with Gasteiger partial charge in [0, 0.05) is 12.6 Å². The first-order valence-corrected chi connectivity index (χ1v) is 9.03. The smallest absolute Gasteiger partial charge is 0.233 e. The Morgan fingerprint density at radius 3 is 2.75 bits per heavy atom. The van der Waals surface area contributed by atoms with Gasteiger partial charge in [0.25, 0.3) is 0 Å². The van der Waals surface area contributed by atoms with E-state index >= 15 is 0 Å². The number of aromatic nitrogens is 3. The Kier molecular flexibility index (Phi) is 5.18. The number of halogens is 1. The Balaban J connectivity index is 1.49. The minimum absolute atomic E-state index is 0.0230. The van der Waals surface area contributed by atoms with E-state index in [1.54, 1.807) is 12.1 Å². The fourth-order valence-corrected chi connectivity index (χ4v) is 3.51. The van der Waals surface area contributed by atoms with Crippen LogP contribution < -0.4 is 5.32 Å². The quantitative estimate of drug-likeness (QED) is 0.782. The maximum Gasteiger partial charge on any atom is 0.233 e. The van der Waals surface area contributed by atoms with E-state index in [4.69, 9.17) is 0 Å². The van der Waals surface area contributed by atoms with Gasteiger partial charge in [-0.1, -0.05) is 23.9 Å². The monoisotopic (exact) mass is 348 g/mol. The molecule has 3 rings (SSSR count). The van der Waals surface area contributed by atoms with Crippen molar-refractivity contribution < 1.29 is 9.18 Å². The summed E-state index contributed by atoms with van der Waals surface area (Å²) >= 11 is 1.44. The SMILES string of the molecule is Cc1nnc(S[C@@H](C)C(=O)NCCc2ccc(F)cc2)n1C1CC1. The molecule has 0 radical (unpaired) electrons. The molecule has 1 aromatic heterocycles. The summed E-state index contributed by atoms with van der Waals surface area (Å²) in [5.41, 5.74) is 1.00. The molecular formula is C17H21FN4OS. The maximum atomic E-state index is 12.9. The van der Waals surface area contributed by atoms with E-state index in [9.17, 15) is 9.18 Å². The molecule has 1 amide bonds. The second kappa shape index (κ2) is 7.34. The largest absolute Gasteiger partial charge is 0.355 e. The van der Waals surface area contributed by atoms with E-state index in [0.717, 1.165) is 29.4 Å². The van der Waals surface area contributed by atoms with Crippen LogP contribution in [0.3, 0.4) is 0 Å². The van der Waals surface area contributed by atoms with Crippen LogP contribution in [0.4, 0.5) is 4.39 Å². The standard InChI is InChI=1S/C17H21FN4OS/c1-11(24-17-21-20-12(2)22(17)15-7-8-15)16(23)19-10-9-13-3-5-14(18)6-4-13/h3-6,11,15H,7-10H2,1-2H3,(H,19,23)/t11-/m0/s1. The third-order valence-corrected chi connectivity index (χ3v) is 5.08. The van der Waals surface area contributed by atoms with E-state index < -0.39 is 0 Å². The predicted octanol–water partition coefficient (Wildman–Crippen LogP) is 2.90. The molecule has 1 aromatic carbocycles. The zero-order valence-corrected chi connectivity index (χ0v) is 14.6. The van der Waals surface area contributed by atoms with E-state index in [2.05, 4.69) is 20.1 Å². The second-order valence-corrected chi connectivity index (χ2v) is 7.37. The molecule has 1 aliphatic rings. The minimum atomic E-state index is -0.247. The molecule has 1 fully saturated rings. The summed E-state index contributed by atoms with van der Waals surface area (Å²) in [4.78, 5) is 12.2. The molecule has 0 aliphatic heterocycles. The highest BCUT2D eigenvalue weighted by Crippen LogP contribution is 2.39. The van der Waals surface area contributed by atoms with Gasteiger partial charge in [0.1, 0.15) is 11.6 Å². The van der Waals surface area contributed by atoms with Crippen molar-refractivity contribution in [3.05, 3.63) is 41.5 Å². The molecule has 0 bridgehead atoms. The second-order valence-electron chi connectivity index (χ2n) is 6.06. The fraction of sp³-hybridized carbons (Fsp3) is 0.471. The van der Waals surface area contributed by atoms with Crippen molar-refractivity contribution in [2.24, 2.45) is 0 Å². The first-order valence-electron chi connectivity index (χ1n) is 8.15. The van der Waals surface area contributed by atoms with Crippen LogP contribution in [0.25, 0.3) is 0 Å². The number of nitrogens with one attached hydrogen (secondary N) is 1. The van der Waals surface area contributed by atoms with Gasteiger partial charge in [0.05, 0.1) is 5.25 Å². The van der Waals surface area contributed by atoms with Crippen LogP contribution in [0.15, 0.2) is 29.4 Å². The number of benzene rings is 1. The van der Waals surface area contributed by atoms with Gasteiger partial charge >= 0.3 is 0 Å². The number of hydrogen-bond donors (Lipinski definition) is 1. The molecule has 2 aromatic rings. The summed E-state index contributed by atoms with van der Waals surface area (Å²) in [7, 11) is 0. The number of nitrogens with zero attached hydrogens (tertiary/aromatic N) is 3. The number of amides is 1. The maximum absolute atomic E-state index is 12.9. The van der Waals surface area contributed by atoms with Crippen molar-refractivity contribution in [1.29, 1.82) is 0 Å². The Morgan fingerprint density at radius 2 is 2.08 bits per heavy atom. The fourth-order valence-electron chi connectivity index (χ4n) is 2.52. The van der Waals surface area contributed by atoms with E-state index in [1.165, 1.54) is 23.9 Å². The molecule has 5 nitrogen and oxygen atoms in total. The number of thioether (sulfide) groups is 1. The zero-order valence-electron chi connectivity index (χ0n) is 13.8. The topological polar surface area (TPSA) is 59.8 Å². The molecule has 1 atom stereocenters. The Morgan fingerprint density at radius 1 is 1.38 bits per heavy atom. The lowest BCUT2D eigenvalue weighted by atomic mass is 10.1. The van der Waals surface area contributed by atoms with Gasteiger partial charge in [-0.05, 0) is 50.8 Å². The highest BCUT2D eigenvalue weighted by atomic mass is 32.2. The van der Waals surface area contributed by atoms with Crippen LogP contribution in [0.5, 0.6) is 0 Å². The van der Waals surface area contributed by atoms with Gasteiger partial charge in [-0.2, -0.15) is 0 Å². The molecule has 128 valence electrons. The Hall–Kier alpha value is -1.89. The van der Waals surface area contributed by atoms with Crippen LogP contribution in [0, 0.1) is 12.7 Å². The molecule has 1 N–H and O–H groups in total. The molecule has 1 saturated carbocycles. The average Bonchev–Trinajstić information content (AvgIpc) is 3.33. The van der Waals surface area contributed by atoms with E-state index in [0.29, 0.717) is 19.0 Å². The normalized spacial score (nSPS) is 15.3. The van der Waals surface area contributed by atoms with Crippen LogP contribution in [0.1, 0.15) is 37.2 Å². The molecule has 24 heavy (non-hydrogen) atoms. The molecule has 1 aliphatic carbocycles. The lowest BCUT2D eigenvalue weighted by Crippen LogP contribution is -2.32. The van der Waals surface area contributed by atoms with Gasteiger partial charge in [-0.15, -0.1) is 10.2 Å². The summed E-state index contributed by atoms with van der Waals surface area (Å²) in [5, 5.41) is 11.8. The van der Waals surface area contributed by atoms with Crippen LogP contribution in [-0.4, -0.2) is 32.5 Å². The summed E-state index contributed by atoms with van der Waals surface area (Å²) in [5.74, 6) is 0.636. The van der Waals surface area contributed by atoms with Gasteiger partial charge < -0.3 is 9.88 Å². The van der Waals surface area contributed by atoms with Crippen LogP contribution in [-0.2, 0) is 11.2 Å². The molecular weight excluding hydrogens is 327 g/mol. The molecule has 0 unspecified atom stereocenters. The summed E-state index contributed by atoms with van der Waals surface area (Å²) in [6.07, 6.45) is 3.00. The van der Waals surface area contributed by atoms with Crippen molar-refractivity contribution in [1.82, 2.24) is 20.1 Å². The van der Waals surface area contributed by atoms with E-state index in [1.807, 2.05) is 13.8 Å². The number of aryl methyl sites for hydroxylation is 1. The first kappa shape index (κ1) is 17.0. The molecule has 1 heterocycles. The number of rotatable bonds is 7. The zero-order chi connectivity index (χ0) is 17.1. The van der Waals surface area contributed by atoms with Crippen molar-refractivity contribution in [3.63, 3.8) is 0 Å². The molecule has 0 saturated heterocycles. The summed E-state index contributed by atoms with van der Waals surface area (Å²) in [6.45, 7) is 4.35. The third kappa shape index (κ3) is 4.14. The van der Waals surface area contributed by atoms with E-state index in [-0.39, 0.29) is 17.0 Å². The van der Waals surface area contributed by atoms with Crippen molar-refractivity contribution in [2.45, 2.75) is 49.6 Å². The van der Waals surface area contributed by atoms with Gasteiger partial charge in [0.2, 0.25) is 5.91 Å². The number of carbonyl (C=O) groups excluding carboxylic acids is 1. The van der Waals surface area contributed by atoms with Crippen molar-refractivity contribution in [3.8, 4) is 0 Å². The predicted molar refractivity (Wildman–Crippen MR) is 91.5 cm³/mol. The van der Waals surface area contributed by atoms with Crippen LogP contribution >= 0.6 is 11.8 Å². The molecule has 7 heteroatoms. The molecule has 0 spiro atoms. The lowest BCUT2D eigenvalue weighted by molar-refractivity contribution is -0.120. The number of hydrogen-bond acceptors (Lipinski definition) is 4. The Bertz CT molecular complexity index is 712. The highest BCUT2D eigenvalue weighted by Gasteiger charge is 2.29. The van der Waals surface area contributed by atoms with Crippen molar-refractivity contribution in [2.75, 3.05) is 6.54 Å². The number of carbonyl (C=O) groups is 1. The average molecular weight is 348 g/mol. The van der Waals surface area contributed by atoms with Crippen molar-refractivity contribution >= 4 is 17.7 Å². The van der Waals surface area contributed by atoms with Gasteiger partial charge in [0.15, 0.2) is 5.16 Å². The highest BCUT2D eigenvalue weighted by molar-refractivity contribution is 8.00. The minimum Gasteiger partial charge on any atom is -0.355 e. The van der Waals surface area contributed by atoms with Gasteiger partial charge in [-0.25, -0.2) is 4.39 Å². The third-order valence-electron chi connectivity index (χ3n) is 4.02. The Labute approximate surface area is 145 Å². The summed E-state index contributed by atoms with van der Waals surface area (Å²) < 4.78 is 15.0.